The topological polar surface area (TPSA) is 64.2 Å². The number of halogens is 3. The van der Waals surface area contributed by atoms with Gasteiger partial charge in [-0.1, -0.05) is 40.9 Å². The largest absolute Gasteiger partial charge is 0.311 e. The summed E-state index contributed by atoms with van der Waals surface area (Å²) in [4.78, 5) is 12.2. The molecule has 0 unspecified atom stereocenters. The van der Waals surface area contributed by atoms with E-state index in [1.807, 2.05) is 0 Å². The van der Waals surface area contributed by atoms with Gasteiger partial charge in [-0.15, -0.1) is 0 Å². The van der Waals surface area contributed by atoms with Crippen molar-refractivity contribution in [3.63, 3.8) is 0 Å². The SMILES string of the molecule is CN(N)c1cnn(-c2c(Cl)cccc2Cl)c(=O)c1Cl. The first kappa shape index (κ1) is 14.1. The van der Waals surface area contributed by atoms with Crippen molar-refractivity contribution in [2.24, 2.45) is 5.84 Å². The maximum Gasteiger partial charge on any atom is 0.292 e. The average Bonchev–Trinajstić information content (AvgIpc) is 2.33. The fourth-order valence-electron chi connectivity index (χ4n) is 1.52. The highest BCUT2D eigenvalue weighted by molar-refractivity contribution is 6.37. The molecular weight excluding hydrogens is 311 g/mol. The van der Waals surface area contributed by atoms with Gasteiger partial charge in [-0.2, -0.15) is 9.78 Å². The van der Waals surface area contributed by atoms with Crippen LogP contribution in [0.1, 0.15) is 0 Å². The minimum absolute atomic E-state index is 0.0593. The molecule has 100 valence electrons. The molecule has 1 heterocycles. The van der Waals surface area contributed by atoms with Crippen molar-refractivity contribution in [3.8, 4) is 5.69 Å². The van der Waals surface area contributed by atoms with E-state index in [-0.39, 0.29) is 10.7 Å². The van der Waals surface area contributed by atoms with Crippen LogP contribution in [0.2, 0.25) is 15.1 Å². The van der Waals surface area contributed by atoms with E-state index in [2.05, 4.69) is 5.10 Å². The van der Waals surface area contributed by atoms with E-state index in [0.29, 0.717) is 15.7 Å². The van der Waals surface area contributed by atoms with Crippen LogP contribution in [0.5, 0.6) is 0 Å². The molecule has 0 saturated heterocycles. The summed E-state index contributed by atoms with van der Waals surface area (Å²) in [7, 11) is 1.55. The molecular formula is C11H9Cl3N4O. The number of nitrogens with two attached hydrogens (primary N) is 1. The maximum atomic E-state index is 12.2. The van der Waals surface area contributed by atoms with Crippen molar-refractivity contribution in [2.75, 3.05) is 12.1 Å². The van der Waals surface area contributed by atoms with Gasteiger partial charge in [0.05, 0.1) is 21.9 Å². The molecule has 0 saturated carbocycles. The van der Waals surface area contributed by atoms with Crippen LogP contribution < -0.4 is 16.4 Å². The molecule has 0 radical (unpaired) electrons. The number of benzene rings is 1. The molecule has 2 rings (SSSR count). The Morgan fingerprint density at radius 3 is 2.37 bits per heavy atom. The van der Waals surface area contributed by atoms with Gasteiger partial charge in [0, 0.05) is 7.05 Å². The second kappa shape index (κ2) is 5.38. The number of aromatic nitrogens is 2. The zero-order valence-corrected chi connectivity index (χ0v) is 12.0. The Morgan fingerprint density at radius 1 is 1.26 bits per heavy atom. The van der Waals surface area contributed by atoms with Gasteiger partial charge >= 0.3 is 0 Å². The molecule has 0 aliphatic heterocycles. The van der Waals surface area contributed by atoms with Crippen LogP contribution in [0.3, 0.4) is 0 Å². The molecule has 5 nitrogen and oxygen atoms in total. The molecule has 1 aromatic carbocycles. The van der Waals surface area contributed by atoms with E-state index in [1.54, 1.807) is 25.2 Å². The van der Waals surface area contributed by atoms with E-state index in [4.69, 9.17) is 40.6 Å². The number of para-hydroxylation sites is 1. The van der Waals surface area contributed by atoms with Crippen LogP contribution in [-0.2, 0) is 0 Å². The highest BCUT2D eigenvalue weighted by atomic mass is 35.5. The molecule has 0 atom stereocenters. The van der Waals surface area contributed by atoms with Crippen molar-refractivity contribution in [1.29, 1.82) is 0 Å². The summed E-state index contributed by atoms with van der Waals surface area (Å²) in [6.07, 6.45) is 1.36. The van der Waals surface area contributed by atoms with E-state index < -0.39 is 5.56 Å². The lowest BCUT2D eigenvalue weighted by molar-refractivity contribution is 0.800. The Balaban J connectivity index is 2.72. The first-order valence-corrected chi connectivity index (χ1v) is 6.27. The van der Waals surface area contributed by atoms with Gasteiger partial charge in [0.2, 0.25) is 0 Å². The van der Waals surface area contributed by atoms with Crippen LogP contribution in [-0.4, -0.2) is 16.8 Å². The highest BCUT2D eigenvalue weighted by Crippen LogP contribution is 2.27. The Hall–Kier alpha value is -1.27. The quantitative estimate of drug-likeness (QED) is 0.682. The molecule has 2 aromatic rings. The normalized spacial score (nSPS) is 10.6. The monoisotopic (exact) mass is 318 g/mol. The Bertz CT molecular complexity index is 664. The van der Waals surface area contributed by atoms with Gasteiger partial charge in [-0.3, -0.25) is 4.79 Å². The minimum Gasteiger partial charge on any atom is -0.311 e. The van der Waals surface area contributed by atoms with Gasteiger partial charge in [0.15, 0.2) is 0 Å². The number of nitrogens with zero attached hydrogens (tertiary/aromatic N) is 3. The lowest BCUT2D eigenvalue weighted by Crippen LogP contribution is -2.30. The van der Waals surface area contributed by atoms with Crippen LogP contribution in [0.4, 0.5) is 5.69 Å². The smallest absolute Gasteiger partial charge is 0.292 e. The molecule has 0 bridgehead atoms. The molecule has 0 fully saturated rings. The Morgan fingerprint density at radius 2 is 1.84 bits per heavy atom. The minimum atomic E-state index is -0.550. The summed E-state index contributed by atoms with van der Waals surface area (Å²) < 4.78 is 1.04. The molecule has 19 heavy (non-hydrogen) atoms. The summed E-state index contributed by atoms with van der Waals surface area (Å²) in [5, 5.41) is 5.72. The number of rotatable bonds is 2. The number of anilines is 1. The molecule has 0 aliphatic rings. The predicted molar refractivity (Wildman–Crippen MR) is 77.5 cm³/mol. The summed E-state index contributed by atoms with van der Waals surface area (Å²) in [5.41, 5.74) is 0.0431. The average molecular weight is 320 g/mol. The number of hydrogen-bond acceptors (Lipinski definition) is 4. The van der Waals surface area contributed by atoms with Crippen molar-refractivity contribution < 1.29 is 0 Å². The second-order valence-electron chi connectivity index (χ2n) is 3.74. The van der Waals surface area contributed by atoms with Crippen LogP contribution in [0, 0.1) is 0 Å². The molecule has 0 spiro atoms. The lowest BCUT2D eigenvalue weighted by Gasteiger charge is -2.15. The van der Waals surface area contributed by atoms with Gasteiger partial charge in [-0.05, 0) is 12.1 Å². The third kappa shape index (κ3) is 2.55. The summed E-state index contributed by atoms with van der Waals surface area (Å²) in [5.74, 6) is 5.54. The number of hydrazine groups is 1. The highest BCUT2D eigenvalue weighted by Gasteiger charge is 2.16. The van der Waals surface area contributed by atoms with Gasteiger partial charge in [0.1, 0.15) is 10.7 Å². The van der Waals surface area contributed by atoms with Crippen LogP contribution >= 0.6 is 34.8 Å². The Labute approximate surface area is 124 Å². The summed E-state index contributed by atoms with van der Waals surface area (Å²) >= 11 is 18.0. The van der Waals surface area contributed by atoms with Gasteiger partial charge in [-0.25, -0.2) is 5.84 Å². The third-order valence-corrected chi connectivity index (χ3v) is 3.40. The molecule has 2 N–H and O–H groups in total. The standard InChI is InChI=1S/C11H9Cl3N4O/c1-17(15)8-5-16-18(11(19)9(8)14)10-6(12)3-2-4-7(10)13/h2-5H,15H2,1H3. The third-order valence-electron chi connectivity index (χ3n) is 2.43. The van der Waals surface area contributed by atoms with Gasteiger partial charge < -0.3 is 5.01 Å². The zero-order chi connectivity index (χ0) is 14.2. The van der Waals surface area contributed by atoms with E-state index >= 15 is 0 Å². The van der Waals surface area contributed by atoms with Crippen molar-refractivity contribution >= 4 is 40.5 Å². The first-order chi connectivity index (χ1) is 8.93. The van der Waals surface area contributed by atoms with Crippen LogP contribution in [0.15, 0.2) is 29.2 Å². The maximum absolute atomic E-state index is 12.2. The van der Waals surface area contributed by atoms with Gasteiger partial charge in [0.25, 0.3) is 5.56 Å². The molecule has 1 aromatic heterocycles. The van der Waals surface area contributed by atoms with E-state index in [9.17, 15) is 4.79 Å². The molecule has 8 heteroatoms. The summed E-state index contributed by atoms with van der Waals surface area (Å²) in [6.45, 7) is 0. The van der Waals surface area contributed by atoms with Crippen molar-refractivity contribution in [2.45, 2.75) is 0 Å². The second-order valence-corrected chi connectivity index (χ2v) is 4.93. The van der Waals surface area contributed by atoms with E-state index in [1.165, 1.54) is 11.2 Å². The van der Waals surface area contributed by atoms with Crippen molar-refractivity contribution in [3.05, 3.63) is 49.8 Å². The fourth-order valence-corrected chi connectivity index (χ4v) is 2.34. The first-order valence-electron chi connectivity index (χ1n) is 5.14. The van der Waals surface area contributed by atoms with E-state index in [0.717, 1.165) is 4.68 Å². The fraction of sp³-hybridized carbons (Fsp3) is 0.0909. The predicted octanol–water partition coefficient (Wildman–Crippen LogP) is 2.50. The zero-order valence-electron chi connectivity index (χ0n) is 9.77. The van der Waals surface area contributed by atoms with Crippen LogP contribution in [0.25, 0.3) is 5.69 Å². The number of hydrogen-bond donors (Lipinski definition) is 1. The summed E-state index contributed by atoms with van der Waals surface area (Å²) in [6, 6.07) is 4.88. The molecule has 0 aliphatic carbocycles. The molecule has 0 amide bonds. The Kier molecular flexibility index (Phi) is 4.01. The lowest BCUT2D eigenvalue weighted by atomic mass is 10.3. The van der Waals surface area contributed by atoms with Crippen molar-refractivity contribution in [1.82, 2.24) is 9.78 Å².